The molecule has 1 N–H and O–H groups in total. The van der Waals surface area contributed by atoms with E-state index in [0.29, 0.717) is 17.0 Å². The van der Waals surface area contributed by atoms with E-state index in [4.69, 9.17) is 16.0 Å². The smallest absolute Gasteiger partial charge is 0.215 e. The predicted molar refractivity (Wildman–Crippen MR) is 68.2 cm³/mol. The highest BCUT2D eigenvalue weighted by Crippen LogP contribution is 2.32. The number of nitrogens with zero attached hydrogens (tertiary/aromatic N) is 1. The molecule has 5 heteroatoms. The summed E-state index contributed by atoms with van der Waals surface area (Å²) < 4.78 is 19.0. The molecule has 1 saturated heterocycles. The van der Waals surface area contributed by atoms with Crippen LogP contribution in [0.25, 0.3) is 11.1 Å². The molecule has 3 rings (SSSR count). The van der Waals surface area contributed by atoms with E-state index < -0.39 is 5.82 Å². The lowest BCUT2D eigenvalue weighted by molar-refractivity contribution is 0.232. The fraction of sp³-hybridized carbons (Fsp3) is 0.462. The number of hydrogen-bond acceptors (Lipinski definition) is 3. The molecule has 0 bridgehead atoms. The molecule has 18 heavy (non-hydrogen) atoms. The summed E-state index contributed by atoms with van der Waals surface area (Å²) in [4.78, 5) is 4.43. The van der Waals surface area contributed by atoms with Crippen LogP contribution in [0.1, 0.15) is 32.1 Å². The summed E-state index contributed by atoms with van der Waals surface area (Å²) in [6.07, 6.45) is 3.27. The minimum atomic E-state index is -0.478. The van der Waals surface area contributed by atoms with E-state index in [1.807, 2.05) is 0 Å². The molecule has 1 unspecified atom stereocenters. The van der Waals surface area contributed by atoms with Crippen molar-refractivity contribution in [2.45, 2.75) is 31.7 Å². The van der Waals surface area contributed by atoms with Gasteiger partial charge in [-0.1, -0.05) is 11.6 Å². The molecule has 1 aliphatic heterocycles. The molecule has 3 nitrogen and oxygen atoms in total. The van der Waals surface area contributed by atoms with Crippen molar-refractivity contribution in [2.75, 3.05) is 6.54 Å². The van der Waals surface area contributed by atoms with Crippen LogP contribution < -0.4 is 5.32 Å². The lowest BCUT2D eigenvalue weighted by Gasteiger charge is -2.31. The number of benzene rings is 1. The molecule has 0 spiro atoms. The molecule has 1 atom stereocenters. The predicted octanol–water partition coefficient (Wildman–Crippen LogP) is 3.61. The summed E-state index contributed by atoms with van der Waals surface area (Å²) in [5.41, 5.74) is 0.783. The van der Waals surface area contributed by atoms with Gasteiger partial charge in [0, 0.05) is 6.07 Å². The first kappa shape index (κ1) is 11.9. The highest BCUT2D eigenvalue weighted by Gasteiger charge is 2.33. The summed E-state index contributed by atoms with van der Waals surface area (Å²) in [5.74, 6) is 0.132. The van der Waals surface area contributed by atoms with Crippen molar-refractivity contribution in [1.82, 2.24) is 10.3 Å². The first-order valence-electron chi connectivity index (χ1n) is 6.10. The molecular weight excluding hydrogens is 255 g/mol. The van der Waals surface area contributed by atoms with Gasteiger partial charge in [0.15, 0.2) is 5.58 Å². The van der Waals surface area contributed by atoms with Gasteiger partial charge in [-0.3, -0.25) is 0 Å². The van der Waals surface area contributed by atoms with Gasteiger partial charge in [-0.2, -0.15) is 0 Å². The van der Waals surface area contributed by atoms with Crippen LogP contribution in [0, 0.1) is 5.82 Å². The van der Waals surface area contributed by atoms with Gasteiger partial charge in [-0.05, 0) is 38.8 Å². The first-order chi connectivity index (χ1) is 8.58. The SMILES string of the molecule is CC1(c2nc3cc(Cl)c(F)cc3o2)CCCCN1. The fourth-order valence-electron chi connectivity index (χ4n) is 2.40. The van der Waals surface area contributed by atoms with E-state index in [2.05, 4.69) is 17.2 Å². The highest BCUT2D eigenvalue weighted by atomic mass is 35.5. The summed E-state index contributed by atoms with van der Waals surface area (Å²) in [6, 6.07) is 2.80. The van der Waals surface area contributed by atoms with Gasteiger partial charge < -0.3 is 9.73 Å². The number of rotatable bonds is 1. The highest BCUT2D eigenvalue weighted by molar-refractivity contribution is 6.31. The molecule has 0 radical (unpaired) electrons. The second-order valence-electron chi connectivity index (χ2n) is 4.97. The zero-order chi connectivity index (χ0) is 12.8. The van der Waals surface area contributed by atoms with Gasteiger partial charge in [-0.25, -0.2) is 9.37 Å². The molecule has 2 heterocycles. The molecule has 0 saturated carbocycles. The van der Waals surface area contributed by atoms with Crippen LogP contribution in [-0.2, 0) is 5.54 Å². The summed E-state index contributed by atoms with van der Waals surface area (Å²) in [5, 5.41) is 3.49. The number of aromatic nitrogens is 1. The number of hydrogen-bond donors (Lipinski definition) is 1. The van der Waals surface area contributed by atoms with Gasteiger partial charge >= 0.3 is 0 Å². The molecule has 1 fully saturated rings. The normalized spacial score (nSPS) is 24.6. The largest absolute Gasteiger partial charge is 0.439 e. The maximum atomic E-state index is 13.4. The molecule has 0 aliphatic carbocycles. The second-order valence-corrected chi connectivity index (χ2v) is 5.38. The number of nitrogens with one attached hydrogen (secondary N) is 1. The molecule has 1 aromatic heterocycles. The van der Waals surface area contributed by atoms with Crippen molar-refractivity contribution in [1.29, 1.82) is 0 Å². The van der Waals surface area contributed by atoms with E-state index in [-0.39, 0.29) is 10.6 Å². The van der Waals surface area contributed by atoms with E-state index in [1.54, 1.807) is 0 Å². The average molecular weight is 269 g/mol. The van der Waals surface area contributed by atoms with Crippen LogP contribution in [0.15, 0.2) is 16.5 Å². The van der Waals surface area contributed by atoms with E-state index in [0.717, 1.165) is 25.8 Å². The minimum Gasteiger partial charge on any atom is -0.439 e. The maximum absolute atomic E-state index is 13.4. The Morgan fingerprint density at radius 1 is 1.44 bits per heavy atom. The Hall–Kier alpha value is -1.13. The fourth-order valence-corrected chi connectivity index (χ4v) is 2.56. The molecule has 0 amide bonds. The Balaban J connectivity index is 2.07. The van der Waals surface area contributed by atoms with Crippen molar-refractivity contribution in [3.63, 3.8) is 0 Å². The van der Waals surface area contributed by atoms with E-state index in [9.17, 15) is 4.39 Å². The average Bonchev–Trinajstić information content (AvgIpc) is 2.74. The summed E-state index contributed by atoms with van der Waals surface area (Å²) in [6.45, 7) is 3.01. The lowest BCUT2D eigenvalue weighted by Crippen LogP contribution is -2.43. The maximum Gasteiger partial charge on any atom is 0.215 e. The topological polar surface area (TPSA) is 38.1 Å². The number of piperidine rings is 1. The van der Waals surface area contributed by atoms with Crippen LogP contribution >= 0.6 is 11.6 Å². The van der Waals surface area contributed by atoms with E-state index >= 15 is 0 Å². The van der Waals surface area contributed by atoms with Gasteiger partial charge in [0.2, 0.25) is 5.89 Å². The Labute approximate surface area is 109 Å². The molecule has 96 valence electrons. The first-order valence-corrected chi connectivity index (χ1v) is 6.47. The third kappa shape index (κ3) is 1.89. The molecule has 2 aromatic rings. The van der Waals surface area contributed by atoms with Crippen molar-refractivity contribution in [3.05, 3.63) is 28.9 Å². The van der Waals surface area contributed by atoms with Gasteiger partial charge in [0.1, 0.15) is 11.3 Å². The third-order valence-electron chi connectivity index (χ3n) is 3.52. The summed E-state index contributed by atoms with van der Waals surface area (Å²) >= 11 is 5.75. The Kier molecular flexibility index (Phi) is 2.79. The van der Waals surface area contributed by atoms with Crippen LogP contribution in [0.2, 0.25) is 5.02 Å². The monoisotopic (exact) mass is 268 g/mol. The molecule has 1 aromatic carbocycles. The van der Waals surface area contributed by atoms with Crippen LogP contribution in [-0.4, -0.2) is 11.5 Å². The summed E-state index contributed by atoms with van der Waals surface area (Å²) in [7, 11) is 0. The quantitative estimate of drug-likeness (QED) is 0.859. The zero-order valence-electron chi connectivity index (χ0n) is 10.1. The zero-order valence-corrected chi connectivity index (χ0v) is 10.9. The Bertz CT molecular complexity index is 551. The van der Waals surface area contributed by atoms with E-state index in [1.165, 1.54) is 12.1 Å². The number of oxazole rings is 1. The van der Waals surface area contributed by atoms with Gasteiger partial charge in [-0.15, -0.1) is 0 Å². The van der Waals surface area contributed by atoms with Crippen molar-refractivity contribution >= 4 is 22.7 Å². The standard InChI is InChI=1S/C13H14ClFN2O/c1-13(4-2-3-5-16-13)12-17-10-6-8(14)9(15)7-11(10)18-12/h6-7,16H,2-5H2,1H3. The van der Waals surface area contributed by atoms with Crippen molar-refractivity contribution in [2.24, 2.45) is 0 Å². The number of fused-ring (bicyclic) bond motifs is 1. The molecule has 1 aliphatic rings. The van der Waals surface area contributed by atoms with Crippen molar-refractivity contribution in [3.8, 4) is 0 Å². The number of halogens is 2. The Morgan fingerprint density at radius 3 is 3.00 bits per heavy atom. The molecular formula is C13H14ClFN2O. The third-order valence-corrected chi connectivity index (χ3v) is 3.81. The minimum absolute atomic E-state index is 0.0732. The Morgan fingerprint density at radius 2 is 2.28 bits per heavy atom. The second kappa shape index (κ2) is 4.21. The van der Waals surface area contributed by atoms with Gasteiger partial charge in [0.25, 0.3) is 0 Å². The van der Waals surface area contributed by atoms with Crippen LogP contribution in [0.4, 0.5) is 4.39 Å². The van der Waals surface area contributed by atoms with Crippen LogP contribution in [0.3, 0.4) is 0 Å². The van der Waals surface area contributed by atoms with Gasteiger partial charge in [0.05, 0.1) is 10.6 Å². The van der Waals surface area contributed by atoms with Crippen LogP contribution in [0.5, 0.6) is 0 Å². The van der Waals surface area contributed by atoms with Crippen molar-refractivity contribution < 1.29 is 8.81 Å². The lowest BCUT2D eigenvalue weighted by atomic mass is 9.91.